The summed E-state index contributed by atoms with van der Waals surface area (Å²) in [5.74, 6) is -0.275. The highest BCUT2D eigenvalue weighted by Crippen LogP contribution is 2.38. The second-order valence-corrected chi connectivity index (χ2v) is 6.18. The molecule has 1 heterocycles. The van der Waals surface area contributed by atoms with Gasteiger partial charge in [-0.1, -0.05) is 35.3 Å². The summed E-state index contributed by atoms with van der Waals surface area (Å²) < 4.78 is 13.5. The molecule has 3 rings (SSSR count). The lowest BCUT2D eigenvalue weighted by atomic mass is 10.1. The summed E-state index contributed by atoms with van der Waals surface area (Å²) in [6.07, 6.45) is 0. The first kappa shape index (κ1) is 13.6. The Hall–Kier alpha value is -1.42. The van der Waals surface area contributed by atoms with E-state index in [0.29, 0.717) is 9.49 Å². The molecule has 0 aliphatic carbocycles. The molecule has 1 nitrogen and oxygen atoms in total. The van der Waals surface area contributed by atoms with Crippen molar-refractivity contribution in [3.05, 3.63) is 63.8 Å². The van der Waals surface area contributed by atoms with E-state index in [1.54, 1.807) is 12.1 Å². The standard InChI is InChI=1S/C15H8Cl2FNS/c16-11-5-1-10(2-6-11)14-13(19-15(17)20-14)9-3-7-12(18)8-4-9/h1-8H. The molecular weight excluding hydrogens is 316 g/mol. The summed E-state index contributed by atoms with van der Waals surface area (Å²) in [5, 5.41) is 0.674. The van der Waals surface area contributed by atoms with Crippen LogP contribution in [0, 0.1) is 5.82 Å². The molecule has 3 aromatic rings. The Morgan fingerprint density at radius 2 is 1.45 bits per heavy atom. The molecule has 0 bridgehead atoms. The van der Waals surface area contributed by atoms with E-state index in [1.807, 2.05) is 24.3 Å². The van der Waals surface area contributed by atoms with Gasteiger partial charge < -0.3 is 0 Å². The van der Waals surface area contributed by atoms with Crippen molar-refractivity contribution in [2.24, 2.45) is 0 Å². The summed E-state index contributed by atoms with van der Waals surface area (Å²) in [5.41, 5.74) is 2.57. The van der Waals surface area contributed by atoms with Crippen LogP contribution in [-0.2, 0) is 0 Å². The van der Waals surface area contributed by atoms with Gasteiger partial charge in [-0.3, -0.25) is 0 Å². The minimum absolute atomic E-state index is 0.275. The molecule has 100 valence electrons. The maximum absolute atomic E-state index is 13.0. The van der Waals surface area contributed by atoms with Gasteiger partial charge in [0.05, 0.1) is 10.6 Å². The molecule has 0 N–H and O–H groups in total. The van der Waals surface area contributed by atoms with Gasteiger partial charge in [-0.25, -0.2) is 9.37 Å². The van der Waals surface area contributed by atoms with Crippen LogP contribution < -0.4 is 0 Å². The average molecular weight is 324 g/mol. The molecule has 1 aromatic heterocycles. The third-order valence-electron chi connectivity index (χ3n) is 2.83. The normalized spacial score (nSPS) is 10.8. The Balaban J connectivity index is 2.12. The van der Waals surface area contributed by atoms with Gasteiger partial charge in [0, 0.05) is 10.6 Å². The van der Waals surface area contributed by atoms with Crippen LogP contribution in [0.15, 0.2) is 48.5 Å². The second kappa shape index (κ2) is 5.52. The Morgan fingerprint density at radius 1 is 0.850 bits per heavy atom. The van der Waals surface area contributed by atoms with Crippen molar-refractivity contribution >= 4 is 34.5 Å². The van der Waals surface area contributed by atoms with Crippen molar-refractivity contribution < 1.29 is 4.39 Å². The topological polar surface area (TPSA) is 12.9 Å². The lowest BCUT2D eigenvalue weighted by Gasteiger charge is -2.03. The molecule has 2 aromatic carbocycles. The third-order valence-corrected chi connectivity index (χ3v) is 4.29. The zero-order chi connectivity index (χ0) is 14.1. The fourth-order valence-electron chi connectivity index (χ4n) is 1.89. The van der Waals surface area contributed by atoms with Crippen molar-refractivity contribution in [2.75, 3.05) is 0 Å². The number of nitrogens with zero attached hydrogens (tertiary/aromatic N) is 1. The molecule has 0 atom stereocenters. The van der Waals surface area contributed by atoms with Crippen molar-refractivity contribution in [3.8, 4) is 21.7 Å². The van der Waals surface area contributed by atoms with Gasteiger partial charge >= 0.3 is 0 Å². The average Bonchev–Trinajstić information content (AvgIpc) is 2.82. The molecule has 20 heavy (non-hydrogen) atoms. The molecule has 0 amide bonds. The Labute approximate surface area is 129 Å². The minimum atomic E-state index is -0.275. The van der Waals surface area contributed by atoms with Crippen LogP contribution in [0.25, 0.3) is 21.7 Å². The summed E-state index contributed by atoms with van der Waals surface area (Å²) in [6, 6.07) is 13.7. The maximum atomic E-state index is 13.0. The number of benzene rings is 2. The lowest BCUT2D eigenvalue weighted by molar-refractivity contribution is 0.628. The van der Waals surface area contributed by atoms with E-state index >= 15 is 0 Å². The number of halogens is 3. The van der Waals surface area contributed by atoms with Crippen LogP contribution in [0.3, 0.4) is 0 Å². The first-order chi connectivity index (χ1) is 9.63. The minimum Gasteiger partial charge on any atom is -0.224 e. The molecule has 0 aliphatic rings. The number of rotatable bonds is 2. The van der Waals surface area contributed by atoms with Crippen LogP contribution in [0.4, 0.5) is 4.39 Å². The van der Waals surface area contributed by atoms with Gasteiger partial charge in [0.25, 0.3) is 0 Å². The highest BCUT2D eigenvalue weighted by molar-refractivity contribution is 7.19. The zero-order valence-corrected chi connectivity index (χ0v) is 12.4. The Morgan fingerprint density at radius 3 is 2.10 bits per heavy atom. The molecule has 0 saturated heterocycles. The molecular formula is C15H8Cl2FNS. The first-order valence-electron chi connectivity index (χ1n) is 5.82. The fourth-order valence-corrected chi connectivity index (χ4v) is 3.16. The smallest absolute Gasteiger partial charge is 0.184 e. The summed E-state index contributed by atoms with van der Waals surface area (Å²) >= 11 is 13.3. The van der Waals surface area contributed by atoms with Crippen molar-refractivity contribution in [2.45, 2.75) is 0 Å². The second-order valence-electron chi connectivity index (χ2n) is 4.16. The van der Waals surface area contributed by atoms with Crippen LogP contribution >= 0.6 is 34.5 Å². The molecule has 0 aliphatic heterocycles. The molecule has 0 saturated carbocycles. The van der Waals surface area contributed by atoms with Gasteiger partial charge in [0.1, 0.15) is 5.82 Å². The summed E-state index contributed by atoms with van der Waals surface area (Å²) in [6.45, 7) is 0. The molecule has 5 heteroatoms. The monoisotopic (exact) mass is 323 g/mol. The van der Waals surface area contributed by atoms with Crippen molar-refractivity contribution in [1.29, 1.82) is 0 Å². The molecule has 0 radical (unpaired) electrons. The van der Waals surface area contributed by atoms with Crippen LogP contribution in [0.2, 0.25) is 9.49 Å². The first-order valence-corrected chi connectivity index (χ1v) is 7.39. The van der Waals surface area contributed by atoms with Gasteiger partial charge in [0.15, 0.2) is 4.47 Å². The van der Waals surface area contributed by atoms with E-state index in [-0.39, 0.29) is 5.82 Å². The lowest BCUT2D eigenvalue weighted by Crippen LogP contribution is -1.83. The van der Waals surface area contributed by atoms with Gasteiger partial charge in [-0.15, -0.1) is 11.3 Å². The number of thiazole rings is 1. The fraction of sp³-hybridized carbons (Fsp3) is 0. The number of aromatic nitrogens is 1. The molecule has 0 fully saturated rings. The van der Waals surface area contributed by atoms with Crippen LogP contribution in [0.5, 0.6) is 0 Å². The van der Waals surface area contributed by atoms with Gasteiger partial charge in [-0.2, -0.15) is 0 Å². The molecule has 0 spiro atoms. The Bertz CT molecular complexity index is 673. The van der Waals surface area contributed by atoms with E-state index < -0.39 is 0 Å². The highest BCUT2D eigenvalue weighted by Gasteiger charge is 2.14. The quantitative estimate of drug-likeness (QED) is 0.570. The zero-order valence-electron chi connectivity index (χ0n) is 10.1. The predicted octanol–water partition coefficient (Wildman–Crippen LogP) is 5.92. The number of hydrogen-bond donors (Lipinski definition) is 0. The largest absolute Gasteiger partial charge is 0.224 e. The van der Waals surface area contributed by atoms with E-state index in [9.17, 15) is 4.39 Å². The van der Waals surface area contributed by atoms with E-state index in [4.69, 9.17) is 23.2 Å². The number of hydrogen-bond acceptors (Lipinski definition) is 2. The van der Waals surface area contributed by atoms with Gasteiger partial charge in [0.2, 0.25) is 0 Å². The predicted molar refractivity (Wildman–Crippen MR) is 83.0 cm³/mol. The molecule has 0 unspecified atom stereocenters. The summed E-state index contributed by atoms with van der Waals surface area (Å²) in [4.78, 5) is 5.28. The van der Waals surface area contributed by atoms with Crippen LogP contribution in [0.1, 0.15) is 0 Å². The van der Waals surface area contributed by atoms with Gasteiger partial charge in [-0.05, 0) is 42.0 Å². The summed E-state index contributed by atoms with van der Waals surface area (Å²) in [7, 11) is 0. The third kappa shape index (κ3) is 2.70. The van der Waals surface area contributed by atoms with E-state index in [2.05, 4.69) is 4.98 Å². The van der Waals surface area contributed by atoms with Crippen molar-refractivity contribution in [3.63, 3.8) is 0 Å². The Kier molecular flexibility index (Phi) is 3.74. The van der Waals surface area contributed by atoms with Crippen molar-refractivity contribution in [1.82, 2.24) is 4.98 Å². The highest BCUT2D eigenvalue weighted by atomic mass is 35.5. The van der Waals surface area contributed by atoms with E-state index in [0.717, 1.165) is 21.7 Å². The van der Waals surface area contributed by atoms with Crippen LogP contribution in [-0.4, -0.2) is 4.98 Å². The SMILES string of the molecule is Fc1ccc(-c2nc(Cl)sc2-c2ccc(Cl)cc2)cc1. The van der Waals surface area contributed by atoms with E-state index in [1.165, 1.54) is 23.5 Å². The maximum Gasteiger partial charge on any atom is 0.184 e.